The minimum atomic E-state index is -3.86. The molecule has 0 radical (unpaired) electrons. The lowest BCUT2D eigenvalue weighted by Gasteiger charge is -2.18. The molecule has 1 amide bonds. The number of carbonyl (C=O) groups is 2. The number of thiophene rings is 1. The van der Waals surface area contributed by atoms with E-state index in [1.165, 1.54) is 4.31 Å². The van der Waals surface area contributed by atoms with Crippen molar-refractivity contribution in [3.8, 4) is 0 Å². The molecule has 0 spiro atoms. The molecule has 7 nitrogen and oxygen atoms in total. The summed E-state index contributed by atoms with van der Waals surface area (Å²) in [7, 11) is -3.86. The predicted molar refractivity (Wildman–Crippen MR) is 108 cm³/mol. The lowest BCUT2D eigenvalue weighted by molar-refractivity contribution is -0.124. The van der Waals surface area contributed by atoms with Gasteiger partial charge in [-0.3, -0.25) is 4.79 Å². The molecule has 0 unspecified atom stereocenters. The number of halogens is 1. The van der Waals surface area contributed by atoms with Crippen LogP contribution in [0.25, 0.3) is 0 Å². The Balaban J connectivity index is 1.98. The highest BCUT2D eigenvalue weighted by Crippen LogP contribution is 2.20. The van der Waals surface area contributed by atoms with E-state index in [1.54, 1.807) is 25.2 Å². The Labute approximate surface area is 173 Å². The van der Waals surface area contributed by atoms with E-state index in [4.69, 9.17) is 4.74 Å². The van der Waals surface area contributed by atoms with Gasteiger partial charge < -0.3 is 10.1 Å². The molecule has 0 bridgehead atoms. The first-order valence-electron chi connectivity index (χ1n) is 9.05. The van der Waals surface area contributed by atoms with Gasteiger partial charge in [0, 0.05) is 24.5 Å². The zero-order chi connectivity index (χ0) is 21.4. The zero-order valence-corrected chi connectivity index (χ0v) is 17.8. The Hall–Kier alpha value is -2.30. The molecule has 29 heavy (non-hydrogen) atoms. The highest BCUT2D eigenvalue weighted by Gasteiger charge is 2.25. The summed E-state index contributed by atoms with van der Waals surface area (Å²) in [6.07, 6.45) is 0.650. The number of nitrogens with zero attached hydrogens (tertiary/aromatic N) is 1. The molecule has 0 aliphatic carbocycles. The van der Waals surface area contributed by atoms with E-state index >= 15 is 0 Å². The smallest absolute Gasteiger partial charge is 0.341 e. The Morgan fingerprint density at radius 1 is 1.21 bits per heavy atom. The SMILES string of the molecule is CCN(CC)S(=O)(=O)c1ccc(F)c(C(=O)OCC(=O)NCCc2cccs2)c1. The van der Waals surface area contributed by atoms with Gasteiger partial charge in [-0.25, -0.2) is 17.6 Å². The van der Waals surface area contributed by atoms with E-state index in [0.717, 1.165) is 23.1 Å². The molecule has 158 valence electrons. The first kappa shape index (κ1) is 23.0. The standard InChI is InChI=1S/C19H23FN2O5S2/c1-3-22(4-2)29(25,26)15-7-8-17(20)16(12-15)19(24)27-13-18(23)21-10-9-14-6-5-11-28-14/h5-8,11-12H,3-4,9-10,13H2,1-2H3,(H,21,23). The second-order valence-corrected chi connectivity index (χ2v) is 8.96. The van der Waals surface area contributed by atoms with Crippen molar-refractivity contribution in [3.63, 3.8) is 0 Å². The average Bonchev–Trinajstić information content (AvgIpc) is 3.20. The molecule has 0 aliphatic heterocycles. The third-order valence-electron chi connectivity index (χ3n) is 4.11. The maximum atomic E-state index is 14.0. The zero-order valence-electron chi connectivity index (χ0n) is 16.2. The number of nitrogens with one attached hydrogen (secondary N) is 1. The first-order valence-corrected chi connectivity index (χ1v) is 11.4. The predicted octanol–water partition coefficient (Wildman–Crippen LogP) is 2.43. The molecular formula is C19H23FN2O5S2. The van der Waals surface area contributed by atoms with Crippen molar-refractivity contribution in [2.75, 3.05) is 26.2 Å². The van der Waals surface area contributed by atoms with Gasteiger partial charge in [-0.15, -0.1) is 11.3 Å². The van der Waals surface area contributed by atoms with Crippen molar-refractivity contribution in [2.24, 2.45) is 0 Å². The first-order chi connectivity index (χ1) is 13.8. The average molecular weight is 443 g/mol. The molecule has 2 aromatic rings. The van der Waals surface area contributed by atoms with Crippen LogP contribution >= 0.6 is 11.3 Å². The number of benzene rings is 1. The maximum absolute atomic E-state index is 14.0. The van der Waals surface area contributed by atoms with E-state index < -0.39 is 39.9 Å². The van der Waals surface area contributed by atoms with Crippen molar-refractivity contribution in [2.45, 2.75) is 25.2 Å². The summed E-state index contributed by atoms with van der Waals surface area (Å²) in [6.45, 7) is 3.62. The van der Waals surface area contributed by atoms with Crippen molar-refractivity contribution in [1.29, 1.82) is 0 Å². The number of esters is 1. The van der Waals surface area contributed by atoms with Crippen molar-refractivity contribution in [1.82, 2.24) is 9.62 Å². The van der Waals surface area contributed by atoms with Gasteiger partial charge in [0.2, 0.25) is 10.0 Å². The van der Waals surface area contributed by atoms with Gasteiger partial charge in [-0.05, 0) is 36.1 Å². The van der Waals surface area contributed by atoms with Gasteiger partial charge in [0.1, 0.15) is 5.82 Å². The third-order valence-corrected chi connectivity index (χ3v) is 7.09. The van der Waals surface area contributed by atoms with E-state index in [-0.39, 0.29) is 18.0 Å². The fourth-order valence-corrected chi connectivity index (χ4v) is 4.77. The van der Waals surface area contributed by atoms with E-state index in [1.807, 2.05) is 17.5 Å². The number of hydrogen-bond acceptors (Lipinski definition) is 6. The van der Waals surface area contributed by atoms with Gasteiger partial charge in [-0.2, -0.15) is 4.31 Å². The fraction of sp³-hybridized carbons (Fsp3) is 0.368. The van der Waals surface area contributed by atoms with Crippen LogP contribution in [0.3, 0.4) is 0 Å². The number of rotatable bonds is 10. The Morgan fingerprint density at radius 3 is 2.55 bits per heavy atom. The van der Waals surface area contributed by atoms with Crippen molar-refractivity contribution >= 4 is 33.2 Å². The van der Waals surface area contributed by atoms with Crippen LogP contribution in [-0.2, 0) is 26.0 Å². The van der Waals surface area contributed by atoms with Gasteiger partial charge in [0.05, 0.1) is 10.5 Å². The summed E-state index contributed by atoms with van der Waals surface area (Å²) in [5, 5.41) is 4.53. The molecule has 1 aromatic heterocycles. The Kier molecular flexibility index (Phi) is 8.30. The molecule has 1 heterocycles. The summed E-state index contributed by atoms with van der Waals surface area (Å²) in [5.74, 6) is -2.55. The molecule has 10 heteroatoms. The molecule has 0 aliphatic rings. The van der Waals surface area contributed by atoms with Gasteiger partial charge in [0.25, 0.3) is 5.91 Å². The van der Waals surface area contributed by atoms with Crippen LogP contribution in [0.5, 0.6) is 0 Å². The van der Waals surface area contributed by atoms with Crippen LogP contribution in [0.4, 0.5) is 4.39 Å². The largest absolute Gasteiger partial charge is 0.452 e. The fourth-order valence-electron chi connectivity index (χ4n) is 2.57. The normalized spacial score (nSPS) is 11.4. The molecule has 0 fully saturated rings. The van der Waals surface area contributed by atoms with Crippen molar-refractivity contribution in [3.05, 3.63) is 52.0 Å². The molecular weight excluding hydrogens is 419 g/mol. The molecule has 0 atom stereocenters. The van der Waals surface area contributed by atoms with E-state index in [2.05, 4.69) is 5.32 Å². The van der Waals surface area contributed by atoms with Gasteiger partial charge in [-0.1, -0.05) is 19.9 Å². The summed E-state index contributed by atoms with van der Waals surface area (Å²) in [5.41, 5.74) is -0.537. The van der Waals surface area contributed by atoms with Crippen LogP contribution in [-0.4, -0.2) is 50.8 Å². The molecule has 0 saturated carbocycles. The number of hydrogen-bond donors (Lipinski definition) is 1. The monoisotopic (exact) mass is 442 g/mol. The maximum Gasteiger partial charge on any atom is 0.341 e. The second kappa shape index (κ2) is 10.5. The minimum absolute atomic E-state index is 0.213. The quantitative estimate of drug-likeness (QED) is 0.571. The summed E-state index contributed by atoms with van der Waals surface area (Å²) in [6, 6.07) is 6.77. The van der Waals surface area contributed by atoms with E-state index in [9.17, 15) is 22.4 Å². The Bertz CT molecular complexity index is 942. The number of ether oxygens (including phenoxy) is 1. The summed E-state index contributed by atoms with van der Waals surface area (Å²) >= 11 is 1.57. The lowest BCUT2D eigenvalue weighted by atomic mass is 10.2. The number of sulfonamides is 1. The van der Waals surface area contributed by atoms with Crippen LogP contribution in [0.2, 0.25) is 0 Å². The number of carbonyl (C=O) groups excluding carboxylic acids is 2. The van der Waals surface area contributed by atoms with Gasteiger partial charge >= 0.3 is 5.97 Å². The highest BCUT2D eigenvalue weighted by atomic mass is 32.2. The molecule has 0 saturated heterocycles. The summed E-state index contributed by atoms with van der Waals surface area (Å²) in [4.78, 5) is 24.9. The molecule has 1 aromatic carbocycles. The molecule has 1 N–H and O–H groups in total. The molecule has 2 rings (SSSR count). The van der Waals surface area contributed by atoms with Crippen molar-refractivity contribution < 1.29 is 27.1 Å². The third kappa shape index (κ3) is 6.09. The van der Waals surface area contributed by atoms with Crippen LogP contribution in [0, 0.1) is 5.82 Å². The second-order valence-electron chi connectivity index (χ2n) is 5.99. The summed E-state index contributed by atoms with van der Waals surface area (Å²) < 4.78 is 45.2. The Morgan fingerprint density at radius 2 is 1.93 bits per heavy atom. The van der Waals surface area contributed by atoms with Crippen LogP contribution in [0.1, 0.15) is 29.1 Å². The van der Waals surface area contributed by atoms with Crippen LogP contribution in [0.15, 0.2) is 40.6 Å². The highest BCUT2D eigenvalue weighted by molar-refractivity contribution is 7.89. The lowest BCUT2D eigenvalue weighted by Crippen LogP contribution is -2.31. The van der Waals surface area contributed by atoms with E-state index in [0.29, 0.717) is 13.0 Å². The van der Waals surface area contributed by atoms with Gasteiger partial charge in [0.15, 0.2) is 6.61 Å². The topological polar surface area (TPSA) is 92.8 Å². The minimum Gasteiger partial charge on any atom is -0.452 e. The number of amides is 1. The van der Waals surface area contributed by atoms with Crippen LogP contribution < -0.4 is 5.32 Å².